The monoisotopic (exact) mass is 726 g/mol. The third kappa shape index (κ3) is 3.71. The van der Waals surface area contributed by atoms with Crippen LogP contribution >= 0.6 is 0 Å². The molecule has 2 heteroatoms. The van der Waals surface area contributed by atoms with Crippen LogP contribution in [0.1, 0.15) is 88.5 Å². The van der Waals surface area contributed by atoms with Crippen molar-refractivity contribution in [3.8, 4) is 16.8 Å². The molecule has 0 amide bonds. The van der Waals surface area contributed by atoms with Gasteiger partial charge in [-0.2, -0.15) is 0 Å². The van der Waals surface area contributed by atoms with Crippen molar-refractivity contribution in [2.24, 2.45) is 29.1 Å². The Kier molecular flexibility index (Phi) is 5.98. The molecule has 7 aromatic rings. The van der Waals surface area contributed by atoms with E-state index in [1.54, 1.807) is 11.1 Å². The molecule has 276 valence electrons. The first-order valence-electron chi connectivity index (χ1n) is 21.5. The van der Waals surface area contributed by atoms with Gasteiger partial charge in [-0.25, -0.2) is 0 Å². The van der Waals surface area contributed by atoms with Crippen LogP contribution in [0.5, 0.6) is 0 Å². The van der Waals surface area contributed by atoms with Gasteiger partial charge in [-0.3, -0.25) is 0 Å². The molecule has 0 aliphatic heterocycles. The van der Waals surface area contributed by atoms with E-state index < -0.39 is 0 Å². The molecule has 4 saturated carbocycles. The average molecular weight is 727 g/mol. The summed E-state index contributed by atoms with van der Waals surface area (Å²) in [4.78, 5) is 2.59. The SMILES string of the molecule is CC1(C)CCC(C)(C)c2cc(N(c3ccc(-n4c5ccccc5c5ccccc54)cc3)c3ccc4c(c3)C3(c5ccccc5-4)C4CC5CC6CC3C64C5)ccc21. The van der Waals surface area contributed by atoms with Crippen molar-refractivity contribution in [1.29, 1.82) is 0 Å². The van der Waals surface area contributed by atoms with Crippen LogP contribution in [0.25, 0.3) is 38.6 Å². The molecular weight excluding hydrogens is 677 g/mol. The highest BCUT2D eigenvalue weighted by atomic mass is 15.1. The van der Waals surface area contributed by atoms with Crippen LogP contribution in [-0.2, 0) is 16.2 Å². The molecule has 1 heterocycles. The summed E-state index contributed by atoms with van der Waals surface area (Å²) in [5.74, 6) is 3.51. The van der Waals surface area contributed by atoms with Crippen molar-refractivity contribution in [1.82, 2.24) is 4.57 Å². The van der Waals surface area contributed by atoms with Crippen LogP contribution in [-0.4, -0.2) is 4.57 Å². The Morgan fingerprint density at radius 1 is 0.518 bits per heavy atom. The Hall–Kier alpha value is -5.08. The summed E-state index contributed by atoms with van der Waals surface area (Å²) in [6.45, 7) is 9.80. The normalized spacial score (nSPS) is 29.1. The van der Waals surface area contributed by atoms with E-state index in [9.17, 15) is 0 Å². The molecule has 0 radical (unpaired) electrons. The van der Waals surface area contributed by atoms with E-state index in [1.165, 1.54) is 105 Å². The highest BCUT2D eigenvalue weighted by molar-refractivity contribution is 6.09. The largest absolute Gasteiger partial charge is 0.310 e. The molecule has 1 aromatic heterocycles. The molecule has 6 aliphatic rings. The average Bonchev–Trinajstić information content (AvgIpc) is 3.93. The Bertz CT molecular complexity index is 2760. The molecule has 56 heavy (non-hydrogen) atoms. The molecule has 0 N–H and O–H groups in total. The summed E-state index contributed by atoms with van der Waals surface area (Å²) < 4.78 is 2.44. The van der Waals surface area contributed by atoms with Crippen LogP contribution in [0, 0.1) is 29.1 Å². The maximum atomic E-state index is 2.66. The number of para-hydroxylation sites is 2. The lowest BCUT2D eigenvalue weighted by Gasteiger charge is -2.76. The van der Waals surface area contributed by atoms with Gasteiger partial charge in [0.2, 0.25) is 0 Å². The maximum absolute atomic E-state index is 2.66. The van der Waals surface area contributed by atoms with Crippen LogP contribution in [0.3, 0.4) is 0 Å². The summed E-state index contributed by atoms with van der Waals surface area (Å²) in [6, 6.07) is 51.7. The van der Waals surface area contributed by atoms with E-state index in [2.05, 4.69) is 171 Å². The highest BCUT2D eigenvalue weighted by Gasteiger charge is 2.84. The molecule has 2 spiro atoms. The standard InChI is InChI=1S/C54H50N2/c1-51(2)25-26-52(3,4)46-31-38(22-24-44(46)51)55(35-17-19-36(20-18-35)56-47-15-9-6-12-41(47)42-13-7-10-16-48(42)56)37-21-23-40-39-11-5-8-14-43(39)54(45(40)30-37)49-28-33-27-34-29-50(54)53(34,49)32-33/h5-24,30-31,33-34,49-50H,25-29,32H2,1-4H3. The molecule has 4 fully saturated rings. The number of hydrogen-bond donors (Lipinski definition) is 0. The molecule has 2 nitrogen and oxygen atoms in total. The first kappa shape index (κ1) is 32.1. The van der Waals surface area contributed by atoms with Gasteiger partial charge in [-0.1, -0.05) is 100 Å². The molecule has 2 bridgehead atoms. The number of aromatic nitrogens is 1. The van der Waals surface area contributed by atoms with Gasteiger partial charge in [-0.05, 0) is 172 Å². The fourth-order valence-corrected chi connectivity index (χ4v) is 14.6. The van der Waals surface area contributed by atoms with Crippen molar-refractivity contribution in [3.05, 3.63) is 156 Å². The van der Waals surface area contributed by atoms with Gasteiger partial charge in [0, 0.05) is 38.9 Å². The van der Waals surface area contributed by atoms with Crippen molar-refractivity contribution < 1.29 is 0 Å². The molecule has 6 unspecified atom stereocenters. The minimum Gasteiger partial charge on any atom is -0.310 e. The Morgan fingerprint density at radius 2 is 1.11 bits per heavy atom. The predicted octanol–water partition coefficient (Wildman–Crippen LogP) is 13.9. The van der Waals surface area contributed by atoms with Crippen LogP contribution < -0.4 is 4.90 Å². The van der Waals surface area contributed by atoms with E-state index in [4.69, 9.17) is 0 Å². The zero-order valence-electron chi connectivity index (χ0n) is 33.1. The number of fused-ring (bicyclic) bond motifs is 12. The molecule has 6 aromatic carbocycles. The van der Waals surface area contributed by atoms with Crippen molar-refractivity contribution in [2.45, 2.75) is 82.5 Å². The summed E-state index contributed by atoms with van der Waals surface area (Å²) in [7, 11) is 0. The molecular formula is C54H50N2. The zero-order chi connectivity index (χ0) is 37.3. The van der Waals surface area contributed by atoms with E-state index in [0.29, 0.717) is 5.41 Å². The van der Waals surface area contributed by atoms with E-state index in [1.807, 2.05) is 0 Å². The van der Waals surface area contributed by atoms with Gasteiger partial charge in [-0.15, -0.1) is 0 Å². The third-order valence-corrected chi connectivity index (χ3v) is 16.9. The minimum absolute atomic E-state index is 0.124. The lowest BCUT2D eigenvalue weighted by atomic mass is 9.27. The Balaban J connectivity index is 1.00. The zero-order valence-corrected chi connectivity index (χ0v) is 33.1. The number of benzene rings is 6. The van der Waals surface area contributed by atoms with Gasteiger partial charge in [0.25, 0.3) is 0 Å². The smallest absolute Gasteiger partial charge is 0.0541 e. The quantitative estimate of drug-likeness (QED) is 0.175. The maximum Gasteiger partial charge on any atom is 0.0541 e. The number of rotatable bonds is 4. The Labute approximate surface area is 331 Å². The van der Waals surface area contributed by atoms with Crippen LogP contribution in [0.2, 0.25) is 0 Å². The summed E-state index contributed by atoms with van der Waals surface area (Å²) in [5.41, 5.74) is 17.8. The van der Waals surface area contributed by atoms with Gasteiger partial charge in [0.1, 0.15) is 0 Å². The van der Waals surface area contributed by atoms with Crippen molar-refractivity contribution >= 4 is 38.9 Å². The first-order valence-corrected chi connectivity index (χ1v) is 21.5. The summed E-state index contributed by atoms with van der Waals surface area (Å²) in [5, 5.41) is 2.60. The van der Waals surface area contributed by atoms with Gasteiger partial charge in [0.15, 0.2) is 0 Å². The molecule has 0 saturated heterocycles. The second-order valence-electron chi connectivity index (χ2n) is 20.1. The second-order valence-corrected chi connectivity index (χ2v) is 20.1. The van der Waals surface area contributed by atoms with Crippen LogP contribution in [0.4, 0.5) is 17.1 Å². The van der Waals surface area contributed by atoms with Gasteiger partial charge in [0.05, 0.1) is 11.0 Å². The number of nitrogens with zero attached hydrogens (tertiary/aromatic N) is 2. The number of anilines is 3. The van der Waals surface area contributed by atoms with Crippen molar-refractivity contribution in [2.75, 3.05) is 4.90 Å². The van der Waals surface area contributed by atoms with Crippen LogP contribution in [0.15, 0.2) is 133 Å². The molecule has 6 atom stereocenters. The third-order valence-electron chi connectivity index (χ3n) is 16.9. The number of hydrogen-bond acceptors (Lipinski definition) is 1. The van der Waals surface area contributed by atoms with Crippen molar-refractivity contribution in [3.63, 3.8) is 0 Å². The van der Waals surface area contributed by atoms with Gasteiger partial charge >= 0.3 is 0 Å². The second kappa shape index (κ2) is 10.5. The lowest BCUT2D eigenvalue weighted by Crippen LogP contribution is -2.73. The minimum atomic E-state index is 0.124. The lowest BCUT2D eigenvalue weighted by molar-refractivity contribution is -0.231. The fraction of sp³-hybridized carbons (Fsp3) is 0.333. The topological polar surface area (TPSA) is 8.17 Å². The summed E-state index contributed by atoms with van der Waals surface area (Å²) in [6.07, 6.45) is 8.28. The summed E-state index contributed by atoms with van der Waals surface area (Å²) >= 11 is 0. The van der Waals surface area contributed by atoms with E-state index in [-0.39, 0.29) is 16.2 Å². The van der Waals surface area contributed by atoms with Gasteiger partial charge < -0.3 is 9.47 Å². The van der Waals surface area contributed by atoms with E-state index >= 15 is 0 Å². The molecule has 6 aliphatic carbocycles. The predicted molar refractivity (Wildman–Crippen MR) is 232 cm³/mol. The van der Waals surface area contributed by atoms with E-state index in [0.717, 1.165) is 23.7 Å². The first-order chi connectivity index (χ1) is 27.2. The fourth-order valence-electron chi connectivity index (χ4n) is 14.6. The molecule has 13 rings (SSSR count). The highest BCUT2D eigenvalue weighted by Crippen LogP contribution is 2.89. The Morgan fingerprint density at radius 3 is 1.84 bits per heavy atom.